The van der Waals surface area contributed by atoms with Crippen molar-refractivity contribution in [1.29, 1.82) is 0 Å². The summed E-state index contributed by atoms with van der Waals surface area (Å²) in [5.41, 5.74) is 13.1. The first kappa shape index (κ1) is 106. The molecule has 0 saturated heterocycles. The molecule has 12 unspecified atom stereocenters. The number of ether oxygens (including phenoxy) is 2. The Morgan fingerprint density at radius 2 is 0.562 bits per heavy atom. The number of alkyl halides is 3. The summed E-state index contributed by atoms with van der Waals surface area (Å²) in [6.45, 7) is 21.8. The minimum atomic E-state index is -4.51. The Morgan fingerprint density at radius 1 is 0.331 bits per heavy atom. The van der Waals surface area contributed by atoms with Crippen LogP contribution < -0.4 is 41.4 Å². The van der Waals surface area contributed by atoms with Gasteiger partial charge >= 0.3 is 42.0 Å². The van der Waals surface area contributed by atoms with E-state index in [0.717, 1.165) is 85.2 Å². The summed E-state index contributed by atoms with van der Waals surface area (Å²) >= 11 is 7.71. The maximum absolute atomic E-state index is 12.7. The van der Waals surface area contributed by atoms with Crippen molar-refractivity contribution in [3.8, 4) is 11.5 Å². The van der Waals surface area contributed by atoms with Gasteiger partial charge < -0.3 is 72.0 Å². The van der Waals surface area contributed by atoms with Crippen LogP contribution in [0.5, 0.6) is 11.5 Å². The van der Waals surface area contributed by atoms with E-state index in [1.54, 1.807) is 67.8 Å². The molecule has 32 heteroatoms. The van der Waals surface area contributed by atoms with Crippen LogP contribution in [0, 0.1) is 78.2 Å². The SMILES string of the molecule is CC1=C(C)CC(C(=O)Nc2ccc(Br)cc2)C(C(=O)O)C1.CC1=C(C)CC(C(=O)Nc2ccc(I)cc2)C(C(=O)O)C1.CC1=C(C)CC(C(=O)Nc2cccc(C(F)(F)F)c2)C(C(=O)O)C1.CCOc1ccc(NC(=O)C2CC(C)=C(C)CC2C(=O)O)cc1.COc1ccc(NC(=O)C2CC(C)=C(C)CC2C(=O)O)cc1.O=C(O)C1CC=CCC1C(=O)Nc1ccc(I)cc1. The van der Waals surface area contributed by atoms with Crippen molar-refractivity contribution < 1.29 is 111 Å². The van der Waals surface area contributed by atoms with Crippen LogP contribution in [0.15, 0.2) is 218 Å². The second-order valence-corrected chi connectivity index (χ2v) is 36.7. The molecule has 6 aromatic rings. The molecule has 696 valence electrons. The van der Waals surface area contributed by atoms with Gasteiger partial charge in [-0.25, -0.2) is 0 Å². The highest BCUT2D eigenvalue weighted by Crippen LogP contribution is 2.42. The molecule has 0 radical (unpaired) electrons. The number of hydrogen-bond donors (Lipinski definition) is 12. The Kier molecular flexibility index (Phi) is 40.4. The highest BCUT2D eigenvalue weighted by atomic mass is 127. The van der Waals surface area contributed by atoms with E-state index >= 15 is 0 Å². The van der Waals surface area contributed by atoms with Crippen molar-refractivity contribution in [3.05, 3.63) is 231 Å². The number of methoxy groups -OCH3 is 1. The van der Waals surface area contributed by atoms with Crippen molar-refractivity contribution in [2.75, 3.05) is 45.6 Å². The molecule has 0 bridgehead atoms. The van der Waals surface area contributed by atoms with Crippen LogP contribution in [0.1, 0.15) is 159 Å². The molecule has 130 heavy (non-hydrogen) atoms. The van der Waals surface area contributed by atoms with Gasteiger partial charge in [-0.05, 0) is 338 Å². The van der Waals surface area contributed by atoms with E-state index in [1.807, 2.05) is 149 Å². The minimum Gasteiger partial charge on any atom is -0.497 e. The molecular weight excluding hydrogens is 1970 g/mol. The third-order valence-electron chi connectivity index (χ3n) is 24.3. The van der Waals surface area contributed by atoms with Gasteiger partial charge in [0.2, 0.25) is 35.4 Å². The van der Waals surface area contributed by atoms with Gasteiger partial charge in [0, 0.05) is 45.7 Å². The first-order valence-corrected chi connectivity index (χ1v) is 45.2. The van der Waals surface area contributed by atoms with Crippen molar-refractivity contribution in [2.24, 2.45) is 71.0 Å². The lowest BCUT2D eigenvalue weighted by molar-refractivity contribution is -0.147. The molecule has 6 amide bonds. The molecule has 0 aliphatic heterocycles. The number of nitrogens with one attached hydrogen (secondary N) is 6. The van der Waals surface area contributed by atoms with E-state index in [1.165, 1.54) is 12.1 Å². The summed E-state index contributed by atoms with van der Waals surface area (Å²) in [7, 11) is 1.57. The quantitative estimate of drug-likeness (QED) is 0.0235. The highest BCUT2D eigenvalue weighted by Gasteiger charge is 2.43. The monoisotopic (exact) mass is 2080 g/mol. The number of amides is 6. The first-order valence-electron chi connectivity index (χ1n) is 42.2. The largest absolute Gasteiger partial charge is 0.497 e. The number of carboxylic acids is 6. The van der Waals surface area contributed by atoms with Crippen LogP contribution in [0.4, 0.5) is 47.3 Å². The van der Waals surface area contributed by atoms with Crippen molar-refractivity contribution in [2.45, 2.75) is 159 Å². The number of benzene rings is 6. The molecule has 0 aromatic heterocycles. The standard InChI is InChI=1S/C18H23NO4.C17H18F3NO3.C17H21NO4.C16H18BrNO3.C16H18INO3.C14H14INO3/c1-4-23-14-7-5-13(6-8-14)19-17(20)15-9-11(2)12(3)10-16(15)18(21)22;1-9-6-13(14(16(23)24)7-10(9)2)15(22)21-12-5-3-4-11(8-12)17(18,19)20;1-10-8-14(15(17(20)21)9-11(10)2)16(19)18-12-4-6-13(22-3)7-5-12;2*1-9-7-13(14(16(20)21)8-10(9)2)15(19)18-12-5-3-11(17)4-6-12;15-9-5-7-10(8-6-9)16-13(17)11-3-1-2-4-12(11)14(18)19/h5-8,15-16H,4,9-10H2,1-3H3,(H,19,20)(H,21,22);3-5,8,13-14H,6-7H2,1-2H3,(H,21,22)(H,23,24);4-7,14-15H,8-9H2,1-3H3,(H,18,19)(H,20,21);2*3-6,13-14H,7-8H2,1-2H3,(H,18,19)(H,20,21);1-2,5-8,11-12H,3-4H2,(H,16,17)(H,18,19). The van der Waals surface area contributed by atoms with Gasteiger partial charge in [0.15, 0.2) is 0 Å². The van der Waals surface area contributed by atoms with E-state index in [-0.39, 0.29) is 48.1 Å². The molecule has 0 heterocycles. The molecule has 0 saturated carbocycles. The van der Waals surface area contributed by atoms with E-state index in [9.17, 15) is 96.2 Å². The fourth-order valence-electron chi connectivity index (χ4n) is 15.8. The maximum atomic E-state index is 12.7. The molecule has 6 aliphatic rings. The van der Waals surface area contributed by atoms with Gasteiger partial charge in [-0.15, -0.1) is 0 Å². The Hall–Kier alpha value is -11.3. The van der Waals surface area contributed by atoms with Gasteiger partial charge in [0.1, 0.15) is 11.5 Å². The number of hydrogen-bond acceptors (Lipinski definition) is 14. The Morgan fingerprint density at radius 3 is 0.815 bits per heavy atom. The van der Waals surface area contributed by atoms with Crippen LogP contribution in [0.3, 0.4) is 0 Å². The lowest BCUT2D eigenvalue weighted by atomic mass is 9.76. The predicted octanol–water partition coefficient (Wildman–Crippen LogP) is 21.1. The number of halogens is 6. The summed E-state index contributed by atoms with van der Waals surface area (Å²) in [6, 6.07) is 40.5. The number of carboxylic acid groups (broad SMARTS) is 6. The molecular formula is C98H112BrF3I2N6O20. The Balaban J connectivity index is 0.000000214. The summed E-state index contributed by atoms with van der Waals surface area (Å²) in [6.07, 6.45) is 4.40. The second kappa shape index (κ2) is 49.7. The smallest absolute Gasteiger partial charge is 0.416 e. The summed E-state index contributed by atoms with van der Waals surface area (Å²) in [5.74, 6) is -13.4. The number of aliphatic carboxylic acids is 6. The number of allylic oxidation sites excluding steroid dienone is 12. The van der Waals surface area contributed by atoms with Gasteiger partial charge in [-0.2, -0.15) is 13.2 Å². The molecule has 0 fully saturated rings. The van der Waals surface area contributed by atoms with E-state index < -0.39 is 124 Å². The van der Waals surface area contributed by atoms with Crippen molar-refractivity contribution in [3.63, 3.8) is 0 Å². The first-order chi connectivity index (χ1) is 61.3. The van der Waals surface area contributed by atoms with E-state index in [4.69, 9.17) is 14.6 Å². The molecule has 6 aromatic carbocycles. The summed E-state index contributed by atoms with van der Waals surface area (Å²) in [5, 5.41) is 72.4. The third-order valence-corrected chi connectivity index (χ3v) is 26.2. The van der Waals surface area contributed by atoms with Gasteiger partial charge in [0.25, 0.3) is 0 Å². The summed E-state index contributed by atoms with van der Waals surface area (Å²) < 4.78 is 51.7. The molecule has 6 aliphatic carbocycles. The molecule has 26 nitrogen and oxygen atoms in total. The highest BCUT2D eigenvalue weighted by molar-refractivity contribution is 14.1. The average Bonchev–Trinajstić information content (AvgIpc) is 0.856. The predicted molar refractivity (Wildman–Crippen MR) is 510 cm³/mol. The number of anilines is 6. The zero-order valence-electron chi connectivity index (χ0n) is 74.3. The number of rotatable bonds is 21. The zero-order chi connectivity index (χ0) is 96.3. The lowest BCUT2D eigenvalue weighted by Gasteiger charge is -2.29. The topological polar surface area (TPSA) is 417 Å². The average molecular weight is 2080 g/mol. The van der Waals surface area contributed by atoms with Gasteiger partial charge in [0.05, 0.1) is 90.3 Å². The van der Waals surface area contributed by atoms with E-state index in [0.29, 0.717) is 105 Å². The van der Waals surface area contributed by atoms with Crippen molar-refractivity contribution in [1.82, 2.24) is 0 Å². The lowest BCUT2D eigenvalue weighted by Crippen LogP contribution is -2.36. The third kappa shape index (κ3) is 31.5. The van der Waals surface area contributed by atoms with Crippen LogP contribution >= 0.6 is 61.1 Å². The van der Waals surface area contributed by atoms with Gasteiger partial charge in [-0.3, -0.25) is 57.5 Å². The number of carbonyl (C=O) groups excluding carboxylic acids is 6. The Bertz CT molecular complexity index is 5200. The Labute approximate surface area is 789 Å². The van der Waals surface area contributed by atoms with Gasteiger partial charge in [-0.1, -0.05) is 89.9 Å². The molecule has 12 N–H and O–H groups in total. The van der Waals surface area contributed by atoms with E-state index in [2.05, 4.69) is 93.0 Å². The summed E-state index contributed by atoms with van der Waals surface area (Å²) in [4.78, 5) is 143. The number of carbonyl (C=O) groups is 12. The van der Waals surface area contributed by atoms with Crippen LogP contribution in [-0.4, -0.2) is 116 Å². The fourth-order valence-corrected chi connectivity index (χ4v) is 16.8. The molecule has 12 rings (SSSR count). The van der Waals surface area contributed by atoms with Crippen LogP contribution in [0.2, 0.25) is 0 Å². The maximum Gasteiger partial charge on any atom is 0.416 e. The minimum absolute atomic E-state index is 0.00268. The van der Waals surface area contributed by atoms with Crippen LogP contribution in [0.25, 0.3) is 0 Å². The van der Waals surface area contributed by atoms with Crippen LogP contribution in [-0.2, 0) is 63.7 Å². The zero-order valence-corrected chi connectivity index (χ0v) is 80.2. The molecule has 0 spiro atoms. The normalized spacial score (nSPS) is 21.6. The molecule has 12 atom stereocenters. The van der Waals surface area contributed by atoms with Crippen molar-refractivity contribution >= 4 is 166 Å². The second-order valence-electron chi connectivity index (χ2n) is 33.3. The fraction of sp³-hybridized carbons (Fsp3) is 0.388.